The predicted molar refractivity (Wildman–Crippen MR) is 312 cm³/mol. The molecule has 6 atom stereocenters. The van der Waals surface area contributed by atoms with Crippen LogP contribution in [0.1, 0.15) is 201 Å². The van der Waals surface area contributed by atoms with Crippen LogP contribution in [-0.4, -0.2) is 89.2 Å². The summed E-state index contributed by atoms with van der Waals surface area (Å²) in [7, 11) is 0. The second kappa shape index (κ2) is 51.6. The quantitative estimate of drug-likeness (QED) is 0.0228. The van der Waals surface area contributed by atoms with E-state index in [2.05, 4.69) is 154 Å². The van der Waals surface area contributed by atoms with Gasteiger partial charge in [0.1, 0.15) is 18.8 Å². The number of unbranched alkanes of at least 4 members (excludes halogenated alkanes) is 11. The first-order valence-electron chi connectivity index (χ1n) is 29.2. The number of carboxylic acids is 1. The van der Waals surface area contributed by atoms with Gasteiger partial charge in [0.15, 0.2) is 24.6 Å². The van der Waals surface area contributed by atoms with E-state index in [1.807, 2.05) is 0 Å². The van der Waals surface area contributed by atoms with Gasteiger partial charge in [-0.2, -0.15) is 0 Å². The van der Waals surface area contributed by atoms with E-state index in [1.54, 1.807) is 0 Å². The van der Waals surface area contributed by atoms with Crippen LogP contribution in [0.4, 0.5) is 0 Å². The third-order valence-electron chi connectivity index (χ3n) is 12.2. The third kappa shape index (κ3) is 41.6. The molecule has 1 fully saturated rings. The molecule has 1 aliphatic rings. The summed E-state index contributed by atoms with van der Waals surface area (Å²) in [5.41, 5.74) is 0. The number of hydrogen-bond donors (Lipinski definition) is 3. The fraction of sp³-hybridized carbons (Fsp3) is 0.600. The van der Waals surface area contributed by atoms with E-state index in [0.717, 1.165) is 135 Å². The van der Waals surface area contributed by atoms with Crippen molar-refractivity contribution < 1.29 is 58.2 Å². The van der Waals surface area contributed by atoms with Crippen LogP contribution in [0.25, 0.3) is 0 Å². The highest BCUT2D eigenvalue weighted by atomic mass is 16.7. The van der Waals surface area contributed by atoms with Crippen LogP contribution in [-0.2, 0) is 42.9 Å². The number of rotatable bonds is 47. The molecule has 1 saturated heterocycles. The van der Waals surface area contributed by atoms with Gasteiger partial charge in [-0.15, -0.1) is 0 Å². The van der Waals surface area contributed by atoms with Gasteiger partial charge < -0.3 is 39.0 Å². The van der Waals surface area contributed by atoms with E-state index in [1.165, 1.54) is 0 Å². The van der Waals surface area contributed by atoms with E-state index >= 15 is 0 Å². The van der Waals surface area contributed by atoms with Crippen LogP contribution in [0.2, 0.25) is 0 Å². The van der Waals surface area contributed by atoms with Crippen molar-refractivity contribution in [2.75, 3.05) is 13.2 Å². The van der Waals surface area contributed by atoms with Crippen molar-refractivity contribution in [3.05, 3.63) is 134 Å². The molecule has 0 aromatic carbocycles. The van der Waals surface area contributed by atoms with Crippen molar-refractivity contribution >= 4 is 23.9 Å². The maximum atomic E-state index is 13.1. The van der Waals surface area contributed by atoms with Gasteiger partial charge in [0.2, 0.25) is 0 Å². The van der Waals surface area contributed by atoms with Gasteiger partial charge in [0, 0.05) is 19.3 Å². The number of hydrogen-bond acceptors (Lipinski definition) is 11. The van der Waals surface area contributed by atoms with E-state index in [-0.39, 0.29) is 25.9 Å². The largest absolute Gasteiger partial charge is 0.479 e. The lowest BCUT2D eigenvalue weighted by Gasteiger charge is -2.40. The summed E-state index contributed by atoms with van der Waals surface area (Å²) < 4.78 is 28.3. The molecule has 12 heteroatoms. The van der Waals surface area contributed by atoms with Crippen LogP contribution in [0.5, 0.6) is 0 Å². The molecule has 0 bridgehead atoms. The molecule has 0 aromatic heterocycles. The predicted octanol–water partition coefficient (Wildman–Crippen LogP) is 15.0. The zero-order valence-corrected chi connectivity index (χ0v) is 47.4. The van der Waals surface area contributed by atoms with Gasteiger partial charge >= 0.3 is 23.9 Å². The second-order valence-electron chi connectivity index (χ2n) is 19.1. The fourth-order valence-electron chi connectivity index (χ4n) is 7.83. The third-order valence-corrected chi connectivity index (χ3v) is 12.2. The minimum Gasteiger partial charge on any atom is -0.479 e. The van der Waals surface area contributed by atoms with Crippen LogP contribution in [0.3, 0.4) is 0 Å². The van der Waals surface area contributed by atoms with Crippen molar-refractivity contribution in [2.45, 2.75) is 237 Å². The number of ether oxygens (including phenoxy) is 5. The van der Waals surface area contributed by atoms with Crippen molar-refractivity contribution in [1.82, 2.24) is 0 Å². The normalized spacial score (nSPS) is 19.0. The number of carbonyl (C=O) groups is 4. The molecule has 0 aromatic rings. The molecule has 77 heavy (non-hydrogen) atoms. The van der Waals surface area contributed by atoms with Crippen molar-refractivity contribution in [3.8, 4) is 0 Å². The molecule has 6 unspecified atom stereocenters. The van der Waals surface area contributed by atoms with Crippen LogP contribution in [0, 0.1) is 0 Å². The lowest BCUT2D eigenvalue weighted by molar-refractivity contribution is -0.301. The molecule has 0 spiro atoms. The molecular weight excluding hydrogens is 973 g/mol. The molecule has 0 amide bonds. The molecule has 1 rings (SSSR count). The van der Waals surface area contributed by atoms with Gasteiger partial charge in [0.25, 0.3) is 0 Å². The summed E-state index contributed by atoms with van der Waals surface area (Å²) in [6, 6.07) is 0. The van der Waals surface area contributed by atoms with Gasteiger partial charge in [0.05, 0.1) is 6.61 Å². The average molecular weight is 1070 g/mol. The molecule has 432 valence electrons. The zero-order valence-electron chi connectivity index (χ0n) is 47.4. The molecule has 0 saturated carbocycles. The Morgan fingerprint density at radius 3 is 1.21 bits per heavy atom. The zero-order chi connectivity index (χ0) is 56.1. The number of carboxylic acid groups (broad SMARTS) is 1. The number of allylic oxidation sites excluding steroid dienone is 22. The van der Waals surface area contributed by atoms with Crippen LogP contribution < -0.4 is 0 Å². The molecule has 1 aliphatic heterocycles. The molecule has 12 nitrogen and oxygen atoms in total. The maximum absolute atomic E-state index is 13.1. The monoisotopic (exact) mass is 1070 g/mol. The summed E-state index contributed by atoms with van der Waals surface area (Å²) in [6.07, 6.45) is 60.0. The summed E-state index contributed by atoms with van der Waals surface area (Å²) in [5, 5.41) is 31.5. The number of aliphatic hydroxyl groups is 2. The molecular formula is C65H100O12. The van der Waals surface area contributed by atoms with Crippen molar-refractivity contribution in [1.29, 1.82) is 0 Å². The number of carbonyl (C=O) groups excluding carboxylic acids is 3. The summed E-state index contributed by atoms with van der Waals surface area (Å²) in [5.74, 6) is -3.27. The van der Waals surface area contributed by atoms with Crippen LogP contribution in [0.15, 0.2) is 134 Å². The Morgan fingerprint density at radius 2 is 0.779 bits per heavy atom. The van der Waals surface area contributed by atoms with Crippen molar-refractivity contribution in [2.24, 2.45) is 0 Å². The van der Waals surface area contributed by atoms with E-state index < -0.39 is 67.3 Å². The Labute approximate surface area is 464 Å². The minimum absolute atomic E-state index is 0.00533. The second-order valence-corrected chi connectivity index (χ2v) is 19.1. The number of esters is 3. The van der Waals surface area contributed by atoms with Gasteiger partial charge in [-0.3, -0.25) is 14.4 Å². The first-order valence-corrected chi connectivity index (χ1v) is 29.2. The van der Waals surface area contributed by atoms with E-state index in [4.69, 9.17) is 23.7 Å². The number of aliphatic carboxylic acids is 1. The minimum atomic E-state index is -1.93. The Hall–Kier alpha value is -5.14. The topological polar surface area (TPSA) is 175 Å². The standard InChI is InChI=1S/C65H100O12/c1-4-7-10-13-16-19-22-25-28-29-32-33-36-39-42-45-48-51-57(66)73-54-56(75-58(67)52-49-46-43-40-37-34-30-26-23-20-17-14-11-8-5-2)55-74-65-63(61(70)60(69)62(77-65)64(71)72)76-59(68)53-50-47-44-41-38-35-31-27-24-21-18-15-12-9-6-3/h7-12,16-21,25-28,30-31,37-38,40-41,56,60-63,65,69-70H,4-6,13-15,22-24,29,32-36,39,42-55H2,1-3H3,(H,71,72)/b10-7-,11-8-,12-9-,19-16-,20-17-,21-18-,28-25-,30-26-,31-27-,40-37-,41-38-. The SMILES string of the molecule is CC/C=C\C/C=C\C/C=C\C/C=C\CCCCC(=O)OC(COC(=O)CCCCCCCCC/C=C\C/C=C\C/C=C\CC)COC1OC(C(=O)O)C(O)C(O)C1OC(=O)CCCC/C=C\C/C=C\C/C=C\C/C=C\CC. The Kier molecular flexibility index (Phi) is 46.8. The smallest absolute Gasteiger partial charge is 0.335 e. The highest BCUT2D eigenvalue weighted by molar-refractivity contribution is 5.74. The van der Waals surface area contributed by atoms with Gasteiger partial charge in [-0.05, 0) is 128 Å². The summed E-state index contributed by atoms with van der Waals surface area (Å²) >= 11 is 0. The summed E-state index contributed by atoms with van der Waals surface area (Å²) in [4.78, 5) is 51.1. The van der Waals surface area contributed by atoms with E-state index in [0.29, 0.717) is 25.7 Å². The number of aliphatic hydroxyl groups excluding tert-OH is 2. The molecule has 0 aliphatic carbocycles. The molecule has 3 N–H and O–H groups in total. The fourth-order valence-corrected chi connectivity index (χ4v) is 7.83. The van der Waals surface area contributed by atoms with E-state index in [9.17, 15) is 34.5 Å². The first-order chi connectivity index (χ1) is 37.6. The van der Waals surface area contributed by atoms with Crippen LogP contribution >= 0.6 is 0 Å². The molecule has 1 heterocycles. The summed E-state index contributed by atoms with van der Waals surface area (Å²) in [6.45, 7) is 5.57. The highest BCUT2D eigenvalue weighted by Gasteiger charge is 2.50. The highest BCUT2D eigenvalue weighted by Crippen LogP contribution is 2.26. The Bertz CT molecular complexity index is 1850. The maximum Gasteiger partial charge on any atom is 0.335 e. The van der Waals surface area contributed by atoms with Gasteiger partial charge in [-0.1, -0.05) is 187 Å². The lowest BCUT2D eigenvalue weighted by atomic mass is 9.98. The Morgan fingerprint density at radius 1 is 0.429 bits per heavy atom. The average Bonchev–Trinajstić information content (AvgIpc) is 3.43. The Balaban J connectivity index is 2.76. The van der Waals surface area contributed by atoms with Gasteiger partial charge in [-0.25, -0.2) is 4.79 Å². The lowest BCUT2D eigenvalue weighted by Crippen LogP contribution is -2.61. The molecule has 0 radical (unpaired) electrons. The first kappa shape index (κ1) is 69.9. The van der Waals surface area contributed by atoms with Crippen molar-refractivity contribution in [3.63, 3.8) is 0 Å².